The Balaban J connectivity index is 0.00000156. The standard InChI is InChI=1S/C10H13N4O8P.2Na/c15-6-4(1-21-23(18,19)20)22-10(7(6)16)14-3-13-5-8(14)11-2-12-9(5)17;;/h2-4,6-7,10,15-16H,1H2,(H,11,12,17)(H2,18,19,20);;/q;2*+1/p-2/t4-,6-,7-,10-;;/m0../s1. The van der Waals surface area contributed by atoms with Crippen molar-refractivity contribution in [3.8, 4) is 0 Å². The number of aliphatic hydroxyl groups excluding tert-OH is 2. The van der Waals surface area contributed by atoms with Gasteiger partial charge in [0.1, 0.15) is 18.3 Å². The molecule has 1 aliphatic rings. The van der Waals surface area contributed by atoms with E-state index in [1.54, 1.807) is 0 Å². The molecule has 4 atom stereocenters. The Morgan fingerprint density at radius 1 is 1.32 bits per heavy atom. The second-order valence-electron chi connectivity index (χ2n) is 4.84. The van der Waals surface area contributed by atoms with E-state index in [4.69, 9.17) is 4.74 Å². The molecule has 1 fully saturated rings. The van der Waals surface area contributed by atoms with E-state index in [9.17, 15) is 29.4 Å². The van der Waals surface area contributed by atoms with E-state index in [1.807, 2.05) is 0 Å². The van der Waals surface area contributed by atoms with Crippen LogP contribution in [0.1, 0.15) is 6.23 Å². The first-order valence-corrected chi connectivity index (χ1v) is 7.82. The van der Waals surface area contributed by atoms with E-state index < -0.39 is 44.5 Å². The molecule has 0 saturated carbocycles. The van der Waals surface area contributed by atoms with Gasteiger partial charge in [0.05, 0.1) is 27.1 Å². The molecular formula is C10H11N4Na2O8P. The summed E-state index contributed by atoms with van der Waals surface area (Å²) in [5.41, 5.74) is -0.397. The fraction of sp³-hybridized carbons (Fsp3) is 0.500. The number of aromatic nitrogens is 4. The maximum Gasteiger partial charge on any atom is 1.00 e. The minimum Gasteiger partial charge on any atom is -0.790 e. The number of fused-ring (bicyclic) bond motifs is 1. The summed E-state index contributed by atoms with van der Waals surface area (Å²) in [5, 5.41) is 19.9. The number of hydrogen-bond donors (Lipinski definition) is 3. The van der Waals surface area contributed by atoms with Crippen molar-refractivity contribution in [2.45, 2.75) is 24.5 Å². The van der Waals surface area contributed by atoms with Gasteiger partial charge in [-0.15, -0.1) is 0 Å². The molecule has 126 valence electrons. The number of hydrogen-bond acceptors (Lipinski definition) is 10. The van der Waals surface area contributed by atoms with Crippen LogP contribution in [0.2, 0.25) is 0 Å². The summed E-state index contributed by atoms with van der Waals surface area (Å²) in [6.45, 7) is -0.750. The third kappa shape index (κ3) is 4.99. The average Bonchev–Trinajstić information content (AvgIpc) is 3.01. The normalized spacial score (nSPS) is 26.2. The number of phosphoric acid groups is 1. The Kier molecular flexibility index (Phi) is 8.44. The van der Waals surface area contributed by atoms with Crippen LogP contribution in [0, 0.1) is 0 Å². The average molecular weight is 392 g/mol. The summed E-state index contributed by atoms with van der Waals surface area (Å²) in [6.07, 6.45) is -3.11. The quantitative estimate of drug-likeness (QED) is 0.333. The van der Waals surface area contributed by atoms with Crippen molar-refractivity contribution < 1.29 is 92.9 Å². The zero-order valence-electron chi connectivity index (χ0n) is 13.3. The largest absolute Gasteiger partial charge is 1.00 e. The molecule has 0 amide bonds. The molecule has 12 nitrogen and oxygen atoms in total. The monoisotopic (exact) mass is 392 g/mol. The van der Waals surface area contributed by atoms with Gasteiger partial charge in [-0.2, -0.15) is 0 Å². The van der Waals surface area contributed by atoms with Gasteiger partial charge in [0.15, 0.2) is 17.4 Å². The topological polar surface area (TPSA) is 186 Å². The van der Waals surface area contributed by atoms with E-state index in [1.165, 1.54) is 10.9 Å². The van der Waals surface area contributed by atoms with Crippen molar-refractivity contribution in [3.63, 3.8) is 0 Å². The van der Waals surface area contributed by atoms with Crippen molar-refractivity contribution in [3.05, 3.63) is 23.0 Å². The maximum absolute atomic E-state index is 11.6. The number of imidazole rings is 1. The third-order valence-electron chi connectivity index (χ3n) is 3.37. The summed E-state index contributed by atoms with van der Waals surface area (Å²) in [4.78, 5) is 42.6. The summed E-state index contributed by atoms with van der Waals surface area (Å²) in [6, 6.07) is 0. The van der Waals surface area contributed by atoms with E-state index in [0.717, 1.165) is 6.33 Å². The number of aliphatic hydroxyl groups is 2. The molecule has 0 unspecified atom stereocenters. The zero-order valence-corrected chi connectivity index (χ0v) is 18.2. The second-order valence-corrected chi connectivity index (χ2v) is 6.00. The van der Waals surface area contributed by atoms with Crippen LogP contribution in [0.25, 0.3) is 11.2 Å². The minimum atomic E-state index is -5.24. The van der Waals surface area contributed by atoms with Gasteiger partial charge in [-0.25, -0.2) is 9.97 Å². The van der Waals surface area contributed by atoms with Crippen LogP contribution in [0.15, 0.2) is 17.4 Å². The molecule has 2 aromatic heterocycles. The SMILES string of the molecule is O=c1[nH]cnc2c1ncn2[C@H]1O[C@@H](COP(=O)([O-])[O-])[C@H](O)[C@@H]1O.[Na+].[Na+]. The van der Waals surface area contributed by atoms with Gasteiger partial charge in [0.25, 0.3) is 5.56 Å². The molecule has 25 heavy (non-hydrogen) atoms. The number of ether oxygens (including phenoxy) is 1. The number of rotatable bonds is 4. The first kappa shape index (κ1) is 23.4. The number of H-pyrrole nitrogens is 1. The van der Waals surface area contributed by atoms with Crippen molar-refractivity contribution >= 4 is 19.0 Å². The number of aromatic amines is 1. The van der Waals surface area contributed by atoms with Gasteiger partial charge < -0.3 is 38.8 Å². The first-order valence-electron chi connectivity index (χ1n) is 6.36. The molecule has 0 aliphatic carbocycles. The van der Waals surface area contributed by atoms with Crippen LogP contribution in [0.4, 0.5) is 0 Å². The molecule has 0 aromatic carbocycles. The van der Waals surface area contributed by atoms with Gasteiger partial charge in [0.2, 0.25) is 0 Å². The van der Waals surface area contributed by atoms with Gasteiger partial charge in [-0.3, -0.25) is 9.36 Å². The van der Waals surface area contributed by atoms with E-state index in [-0.39, 0.29) is 70.3 Å². The zero-order chi connectivity index (χ0) is 16.8. The molecule has 1 aliphatic heterocycles. The second kappa shape index (κ2) is 9.02. The van der Waals surface area contributed by atoms with Crippen LogP contribution in [0.3, 0.4) is 0 Å². The van der Waals surface area contributed by atoms with Gasteiger partial charge in [-0.1, -0.05) is 0 Å². The predicted molar refractivity (Wildman–Crippen MR) is 67.6 cm³/mol. The number of nitrogens with zero attached hydrogens (tertiary/aromatic N) is 3. The third-order valence-corrected chi connectivity index (χ3v) is 3.84. The van der Waals surface area contributed by atoms with Crippen molar-refractivity contribution in [2.75, 3.05) is 6.61 Å². The Bertz CT molecular complexity index is 825. The number of nitrogens with one attached hydrogen (secondary N) is 1. The fourth-order valence-electron chi connectivity index (χ4n) is 2.31. The predicted octanol–water partition coefficient (Wildman–Crippen LogP) is -9.41. The van der Waals surface area contributed by atoms with Crippen LogP contribution in [-0.4, -0.2) is 54.7 Å². The maximum atomic E-state index is 11.6. The van der Waals surface area contributed by atoms with Crippen molar-refractivity contribution in [2.24, 2.45) is 0 Å². The summed E-state index contributed by atoms with van der Waals surface area (Å²) in [7, 11) is -5.24. The molecule has 1 saturated heterocycles. The Morgan fingerprint density at radius 2 is 2.00 bits per heavy atom. The van der Waals surface area contributed by atoms with E-state index in [2.05, 4.69) is 19.5 Å². The van der Waals surface area contributed by atoms with Gasteiger partial charge in [0, 0.05) is 0 Å². The molecule has 2 aromatic rings. The molecule has 0 spiro atoms. The first-order chi connectivity index (χ1) is 10.8. The van der Waals surface area contributed by atoms with Gasteiger partial charge >= 0.3 is 59.1 Å². The molecule has 15 heteroatoms. The van der Waals surface area contributed by atoms with Crippen molar-refractivity contribution in [1.82, 2.24) is 19.5 Å². The van der Waals surface area contributed by atoms with Crippen LogP contribution < -0.4 is 74.5 Å². The van der Waals surface area contributed by atoms with Gasteiger partial charge in [-0.05, 0) is 0 Å². The van der Waals surface area contributed by atoms with Crippen LogP contribution in [0.5, 0.6) is 0 Å². The Labute approximate surface area is 184 Å². The smallest absolute Gasteiger partial charge is 0.790 e. The number of phosphoric ester groups is 1. The van der Waals surface area contributed by atoms with Crippen LogP contribution in [-0.2, 0) is 13.8 Å². The summed E-state index contributed by atoms with van der Waals surface area (Å²) in [5.74, 6) is 0. The van der Waals surface area contributed by atoms with Crippen molar-refractivity contribution in [1.29, 1.82) is 0 Å². The minimum absolute atomic E-state index is 0. The molecule has 0 radical (unpaired) electrons. The molecule has 3 rings (SSSR count). The molecule has 3 heterocycles. The van der Waals surface area contributed by atoms with E-state index >= 15 is 0 Å². The molecule has 0 bridgehead atoms. The molecule has 3 N–H and O–H groups in total. The summed E-state index contributed by atoms with van der Waals surface area (Å²) < 4.78 is 21.1. The Morgan fingerprint density at radius 3 is 2.64 bits per heavy atom. The molecular weight excluding hydrogens is 381 g/mol. The fourth-order valence-corrected chi connectivity index (χ4v) is 2.64. The Hall–Kier alpha value is 0.340. The van der Waals surface area contributed by atoms with Crippen LogP contribution >= 0.6 is 7.82 Å². The summed E-state index contributed by atoms with van der Waals surface area (Å²) >= 11 is 0. The van der Waals surface area contributed by atoms with E-state index in [0.29, 0.717) is 0 Å².